The first-order valence-electron chi connectivity index (χ1n) is 9.34. The molecule has 1 aliphatic rings. The standard InChI is InChI=1S/C22H22FNO4/c23-18-8-6-15(7-9-18)19(22(27)28)13-24-21(26)11-10-20(25)17-5-4-14-2-1-3-16(14)12-17/h4-9,12,19H,1-3,10-11,13H2,(H,24,26)(H,27,28). The van der Waals surface area contributed by atoms with Gasteiger partial charge < -0.3 is 10.4 Å². The Morgan fingerprint density at radius 2 is 1.71 bits per heavy atom. The highest BCUT2D eigenvalue weighted by atomic mass is 19.1. The van der Waals surface area contributed by atoms with Crippen LogP contribution in [0.1, 0.15) is 52.2 Å². The largest absolute Gasteiger partial charge is 0.481 e. The highest BCUT2D eigenvalue weighted by Gasteiger charge is 2.21. The summed E-state index contributed by atoms with van der Waals surface area (Å²) in [5.41, 5.74) is 3.51. The van der Waals surface area contributed by atoms with Gasteiger partial charge in [-0.1, -0.05) is 24.3 Å². The van der Waals surface area contributed by atoms with Crippen LogP contribution in [0.3, 0.4) is 0 Å². The number of aliphatic carboxylic acids is 1. The predicted octanol–water partition coefficient (Wildman–Crippen LogP) is 3.26. The molecule has 1 aliphatic carbocycles. The van der Waals surface area contributed by atoms with Crippen molar-refractivity contribution in [3.8, 4) is 0 Å². The maximum absolute atomic E-state index is 13.0. The number of hydrogen-bond donors (Lipinski definition) is 2. The Kier molecular flexibility index (Phi) is 6.19. The van der Waals surface area contributed by atoms with Crippen molar-refractivity contribution in [2.75, 3.05) is 6.54 Å². The van der Waals surface area contributed by atoms with Gasteiger partial charge in [-0.15, -0.1) is 0 Å². The van der Waals surface area contributed by atoms with Gasteiger partial charge in [-0.05, 0) is 54.2 Å². The molecule has 1 atom stereocenters. The SMILES string of the molecule is O=C(CCC(=O)c1ccc2c(c1)CCC2)NCC(C(=O)O)c1ccc(F)cc1. The summed E-state index contributed by atoms with van der Waals surface area (Å²) in [5, 5.41) is 11.9. The van der Waals surface area contributed by atoms with Gasteiger partial charge >= 0.3 is 5.97 Å². The average molecular weight is 383 g/mol. The number of fused-ring (bicyclic) bond motifs is 1. The number of nitrogens with one attached hydrogen (secondary N) is 1. The van der Waals surface area contributed by atoms with Crippen molar-refractivity contribution in [2.45, 2.75) is 38.0 Å². The van der Waals surface area contributed by atoms with Gasteiger partial charge in [-0.25, -0.2) is 4.39 Å². The Labute approximate surface area is 162 Å². The van der Waals surface area contributed by atoms with E-state index in [2.05, 4.69) is 5.32 Å². The summed E-state index contributed by atoms with van der Waals surface area (Å²) in [4.78, 5) is 35.8. The molecule has 0 saturated carbocycles. The third-order valence-electron chi connectivity index (χ3n) is 5.07. The van der Waals surface area contributed by atoms with Crippen LogP contribution in [0.15, 0.2) is 42.5 Å². The minimum Gasteiger partial charge on any atom is -0.481 e. The van der Waals surface area contributed by atoms with Crippen LogP contribution in [0, 0.1) is 5.82 Å². The summed E-state index contributed by atoms with van der Waals surface area (Å²) in [5.74, 6) is -3.03. The third kappa shape index (κ3) is 4.82. The Morgan fingerprint density at radius 3 is 2.43 bits per heavy atom. The first-order valence-corrected chi connectivity index (χ1v) is 9.34. The molecule has 2 aromatic rings. The van der Waals surface area contributed by atoms with Crippen LogP contribution in [-0.4, -0.2) is 29.3 Å². The molecule has 1 unspecified atom stereocenters. The van der Waals surface area contributed by atoms with E-state index in [-0.39, 0.29) is 31.1 Å². The summed E-state index contributed by atoms with van der Waals surface area (Å²) in [6.45, 7) is -0.118. The lowest BCUT2D eigenvalue weighted by Gasteiger charge is -2.14. The molecule has 0 aliphatic heterocycles. The summed E-state index contributed by atoms with van der Waals surface area (Å²) in [6, 6.07) is 10.8. The zero-order valence-electron chi connectivity index (χ0n) is 15.4. The van der Waals surface area contributed by atoms with Crippen LogP contribution in [-0.2, 0) is 22.4 Å². The average Bonchev–Trinajstić information content (AvgIpc) is 3.15. The Balaban J connectivity index is 1.51. The molecule has 0 aromatic heterocycles. The van der Waals surface area contributed by atoms with Gasteiger partial charge in [0.1, 0.15) is 5.82 Å². The number of carbonyl (C=O) groups is 3. The number of rotatable bonds is 8. The normalized spacial score (nSPS) is 13.6. The Morgan fingerprint density at radius 1 is 1.00 bits per heavy atom. The number of benzene rings is 2. The van der Waals surface area contributed by atoms with Crippen molar-refractivity contribution in [1.82, 2.24) is 5.32 Å². The number of carboxylic acid groups (broad SMARTS) is 1. The Hall–Kier alpha value is -3.02. The molecule has 6 heteroatoms. The summed E-state index contributed by atoms with van der Waals surface area (Å²) in [6.07, 6.45) is 3.20. The zero-order valence-corrected chi connectivity index (χ0v) is 15.4. The highest BCUT2D eigenvalue weighted by Crippen LogP contribution is 2.23. The van der Waals surface area contributed by atoms with Crippen LogP contribution in [0.4, 0.5) is 4.39 Å². The summed E-state index contributed by atoms with van der Waals surface area (Å²) >= 11 is 0. The summed E-state index contributed by atoms with van der Waals surface area (Å²) < 4.78 is 13.0. The first-order chi connectivity index (χ1) is 13.4. The predicted molar refractivity (Wildman–Crippen MR) is 102 cm³/mol. The Bertz CT molecular complexity index is 892. The van der Waals surface area contributed by atoms with Gasteiger partial charge in [-0.3, -0.25) is 14.4 Å². The fraction of sp³-hybridized carbons (Fsp3) is 0.318. The van der Waals surface area contributed by atoms with Crippen molar-refractivity contribution in [3.63, 3.8) is 0 Å². The topological polar surface area (TPSA) is 83.5 Å². The van der Waals surface area contributed by atoms with Crippen molar-refractivity contribution in [2.24, 2.45) is 0 Å². The lowest BCUT2D eigenvalue weighted by Crippen LogP contribution is -2.31. The third-order valence-corrected chi connectivity index (χ3v) is 5.07. The number of amides is 1. The quantitative estimate of drug-likeness (QED) is 0.686. The van der Waals surface area contributed by atoms with Crippen molar-refractivity contribution >= 4 is 17.7 Å². The van der Waals surface area contributed by atoms with E-state index in [9.17, 15) is 23.9 Å². The van der Waals surface area contributed by atoms with Gasteiger partial charge in [0.15, 0.2) is 5.78 Å². The first kappa shape index (κ1) is 19.7. The van der Waals surface area contributed by atoms with E-state index in [0.717, 1.165) is 19.3 Å². The van der Waals surface area contributed by atoms with Gasteiger partial charge in [-0.2, -0.15) is 0 Å². The number of carbonyl (C=O) groups excluding carboxylic acids is 2. The molecule has 28 heavy (non-hydrogen) atoms. The molecule has 5 nitrogen and oxygen atoms in total. The van der Waals surface area contributed by atoms with Gasteiger partial charge in [0.05, 0.1) is 5.92 Å². The lowest BCUT2D eigenvalue weighted by molar-refractivity contribution is -0.138. The summed E-state index contributed by atoms with van der Waals surface area (Å²) in [7, 11) is 0. The zero-order chi connectivity index (χ0) is 20.1. The molecule has 1 amide bonds. The number of aryl methyl sites for hydroxylation is 2. The van der Waals surface area contributed by atoms with Crippen LogP contribution in [0.2, 0.25) is 0 Å². The van der Waals surface area contributed by atoms with Crippen LogP contribution in [0.5, 0.6) is 0 Å². The molecule has 3 rings (SSSR count). The molecule has 0 spiro atoms. The van der Waals surface area contributed by atoms with Gasteiger partial charge in [0, 0.05) is 24.9 Å². The van der Waals surface area contributed by atoms with E-state index in [1.54, 1.807) is 6.07 Å². The minimum absolute atomic E-state index is 0.00826. The van der Waals surface area contributed by atoms with E-state index in [4.69, 9.17) is 0 Å². The molecule has 146 valence electrons. The molecule has 2 aromatic carbocycles. The smallest absolute Gasteiger partial charge is 0.312 e. The molecular weight excluding hydrogens is 361 g/mol. The molecule has 0 bridgehead atoms. The second kappa shape index (κ2) is 8.78. The van der Waals surface area contributed by atoms with E-state index in [1.807, 2.05) is 12.1 Å². The monoisotopic (exact) mass is 383 g/mol. The second-order valence-electron chi connectivity index (χ2n) is 7.01. The molecule has 0 radical (unpaired) electrons. The fourth-order valence-corrected chi connectivity index (χ4v) is 3.46. The van der Waals surface area contributed by atoms with E-state index in [1.165, 1.54) is 35.4 Å². The second-order valence-corrected chi connectivity index (χ2v) is 7.01. The molecule has 2 N–H and O–H groups in total. The lowest BCUT2D eigenvalue weighted by atomic mass is 9.99. The van der Waals surface area contributed by atoms with E-state index < -0.39 is 17.7 Å². The number of carboxylic acids is 1. The maximum atomic E-state index is 13.0. The number of halogens is 1. The van der Waals surface area contributed by atoms with Crippen molar-refractivity contribution in [3.05, 3.63) is 70.5 Å². The molecule has 0 saturated heterocycles. The van der Waals surface area contributed by atoms with Crippen LogP contribution < -0.4 is 5.32 Å². The molecule has 0 heterocycles. The van der Waals surface area contributed by atoms with Crippen LogP contribution >= 0.6 is 0 Å². The number of ketones is 1. The fourth-order valence-electron chi connectivity index (χ4n) is 3.46. The van der Waals surface area contributed by atoms with Gasteiger partial charge in [0.2, 0.25) is 5.91 Å². The molecule has 0 fully saturated rings. The van der Waals surface area contributed by atoms with E-state index >= 15 is 0 Å². The maximum Gasteiger partial charge on any atom is 0.312 e. The molecular formula is C22H22FNO4. The van der Waals surface area contributed by atoms with Crippen molar-refractivity contribution in [1.29, 1.82) is 0 Å². The number of Topliss-reactive ketones (excluding diaryl/α,β-unsaturated/α-hetero) is 1. The minimum atomic E-state index is -1.11. The van der Waals surface area contributed by atoms with Crippen molar-refractivity contribution < 1.29 is 23.9 Å². The number of hydrogen-bond acceptors (Lipinski definition) is 3. The van der Waals surface area contributed by atoms with Gasteiger partial charge in [0.25, 0.3) is 0 Å². The van der Waals surface area contributed by atoms with E-state index in [0.29, 0.717) is 11.1 Å². The van der Waals surface area contributed by atoms with Crippen LogP contribution in [0.25, 0.3) is 0 Å². The highest BCUT2D eigenvalue weighted by molar-refractivity contribution is 5.98.